The van der Waals surface area contributed by atoms with Crippen molar-refractivity contribution in [3.63, 3.8) is 0 Å². The quantitative estimate of drug-likeness (QED) is 0.678. The van der Waals surface area contributed by atoms with E-state index in [-0.39, 0.29) is 18.0 Å². The number of hydrogen-bond donors (Lipinski definition) is 2. The van der Waals surface area contributed by atoms with Crippen molar-refractivity contribution in [1.29, 1.82) is 0 Å². The minimum Gasteiger partial charge on any atom is -0.398 e. The number of carbonyl (C=O) groups is 1. The summed E-state index contributed by atoms with van der Waals surface area (Å²) in [6, 6.07) is 2.91. The molecule has 1 rings (SSSR count). The number of pyridine rings is 1. The predicted molar refractivity (Wildman–Crippen MR) is 81.5 cm³/mol. The van der Waals surface area contributed by atoms with Crippen molar-refractivity contribution in [2.75, 3.05) is 12.3 Å². The van der Waals surface area contributed by atoms with E-state index in [0.717, 1.165) is 12.8 Å². The van der Waals surface area contributed by atoms with Crippen LogP contribution in [0.2, 0.25) is 0 Å². The van der Waals surface area contributed by atoms with Crippen molar-refractivity contribution in [1.82, 2.24) is 9.88 Å². The molecule has 0 spiro atoms. The smallest absolute Gasteiger partial charge is 0.251 e. The van der Waals surface area contributed by atoms with Crippen LogP contribution < -0.4 is 16.6 Å². The van der Waals surface area contributed by atoms with E-state index in [0.29, 0.717) is 12.2 Å². The molecular formula is C15H25N3O2. The first-order valence-corrected chi connectivity index (χ1v) is 7.36. The Hall–Kier alpha value is -1.78. The Morgan fingerprint density at radius 3 is 2.65 bits per heavy atom. The lowest BCUT2D eigenvalue weighted by Gasteiger charge is -2.07. The molecule has 0 bridgehead atoms. The highest BCUT2D eigenvalue weighted by Gasteiger charge is 2.04. The van der Waals surface area contributed by atoms with Gasteiger partial charge in [-0.15, -0.1) is 0 Å². The van der Waals surface area contributed by atoms with Crippen LogP contribution in [0.4, 0.5) is 5.69 Å². The summed E-state index contributed by atoms with van der Waals surface area (Å²) in [6.07, 6.45) is 8.63. The van der Waals surface area contributed by atoms with Crippen molar-refractivity contribution in [2.24, 2.45) is 0 Å². The molecule has 0 fully saturated rings. The van der Waals surface area contributed by atoms with Gasteiger partial charge < -0.3 is 15.6 Å². The second-order valence-corrected chi connectivity index (χ2v) is 5.05. The van der Waals surface area contributed by atoms with Crippen LogP contribution in [0.3, 0.4) is 0 Å². The van der Waals surface area contributed by atoms with Crippen LogP contribution in [0.15, 0.2) is 23.1 Å². The molecule has 0 aliphatic carbocycles. The molecular weight excluding hydrogens is 254 g/mol. The molecule has 5 heteroatoms. The number of carbonyl (C=O) groups excluding carboxylic acids is 1. The zero-order chi connectivity index (χ0) is 14.8. The second-order valence-electron chi connectivity index (χ2n) is 5.05. The lowest BCUT2D eigenvalue weighted by Crippen LogP contribution is -2.32. The van der Waals surface area contributed by atoms with E-state index in [1.807, 2.05) is 0 Å². The molecule has 0 aliphatic rings. The van der Waals surface area contributed by atoms with E-state index in [2.05, 4.69) is 12.2 Å². The predicted octanol–water partition coefficient (Wildman–Crippen LogP) is 1.91. The standard InChI is InChI=1S/C15H25N3O2/c1-2-3-4-5-6-7-10-17-14(19)12-18-11-13(16)8-9-15(18)20/h8-9,11H,2-7,10,12,16H2,1H3,(H,17,19). The number of unbranched alkanes of at least 4 members (excludes halogenated alkanes) is 5. The van der Waals surface area contributed by atoms with Gasteiger partial charge in [-0.2, -0.15) is 0 Å². The normalized spacial score (nSPS) is 10.4. The molecule has 1 aromatic rings. The fourth-order valence-corrected chi connectivity index (χ4v) is 2.02. The number of nitrogen functional groups attached to an aromatic ring is 1. The fourth-order valence-electron chi connectivity index (χ4n) is 2.02. The first-order valence-electron chi connectivity index (χ1n) is 7.36. The molecule has 0 aliphatic heterocycles. The van der Waals surface area contributed by atoms with Gasteiger partial charge in [0, 0.05) is 24.5 Å². The minimum absolute atomic E-state index is 0.0275. The van der Waals surface area contributed by atoms with Crippen LogP contribution in [0.5, 0.6) is 0 Å². The zero-order valence-corrected chi connectivity index (χ0v) is 12.2. The van der Waals surface area contributed by atoms with Crippen LogP contribution in [-0.2, 0) is 11.3 Å². The van der Waals surface area contributed by atoms with Gasteiger partial charge in [0.25, 0.3) is 5.56 Å². The first-order chi connectivity index (χ1) is 9.63. The number of nitrogens with zero attached hydrogens (tertiary/aromatic N) is 1. The highest BCUT2D eigenvalue weighted by molar-refractivity contribution is 5.75. The Labute approximate surface area is 120 Å². The molecule has 0 atom stereocenters. The number of nitrogens with one attached hydrogen (secondary N) is 1. The number of rotatable bonds is 9. The summed E-state index contributed by atoms with van der Waals surface area (Å²) in [7, 11) is 0. The van der Waals surface area contributed by atoms with Gasteiger partial charge in [-0.3, -0.25) is 9.59 Å². The molecule has 20 heavy (non-hydrogen) atoms. The molecule has 0 aromatic carbocycles. The van der Waals surface area contributed by atoms with Gasteiger partial charge >= 0.3 is 0 Å². The molecule has 1 aromatic heterocycles. The summed E-state index contributed by atoms with van der Waals surface area (Å²) in [6.45, 7) is 2.89. The van der Waals surface area contributed by atoms with E-state index in [4.69, 9.17) is 5.73 Å². The van der Waals surface area contributed by atoms with E-state index in [1.54, 1.807) is 0 Å². The van der Waals surface area contributed by atoms with Gasteiger partial charge in [-0.25, -0.2) is 0 Å². The maximum Gasteiger partial charge on any atom is 0.251 e. The molecule has 0 unspecified atom stereocenters. The fraction of sp³-hybridized carbons (Fsp3) is 0.600. The lowest BCUT2D eigenvalue weighted by atomic mass is 10.1. The van der Waals surface area contributed by atoms with Crippen LogP contribution in [0.1, 0.15) is 45.4 Å². The maximum absolute atomic E-state index is 11.7. The third-order valence-corrected chi connectivity index (χ3v) is 3.17. The summed E-state index contributed by atoms with van der Waals surface area (Å²) in [5.41, 5.74) is 5.86. The summed E-state index contributed by atoms with van der Waals surface area (Å²) >= 11 is 0. The van der Waals surface area contributed by atoms with Gasteiger partial charge in [0.15, 0.2) is 0 Å². The number of amides is 1. The van der Waals surface area contributed by atoms with Crippen molar-refractivity contribution in [2.45, 2.75) is 52.0 Å². The minimum atomic E-state index is -0.214. The van der Waals surface area contributed by atoms with Crippen LogP contribution in [-0.4, -0.2) is 17.0 Å². The van der Waals surface area contributed by atoms with Crippen molar-refractivity contribution >= 4 is 11.6 Å². The Morgan fingerprint density at radius 1 is 1.20 bits per heavy atom. The largest absolute Gasteiger partial charge is 0.398 e. The monoisotopic (exact) mass is 279 g/mol. The summed E-state index contributed by atoms with van der Waals surface area (Å²) in [5.74, 6) is -0.147. The van der Waals surface area contributed by atoms with E-state index in [9.17, 15) is 9.59 Å². The third-order valence-electron chi connectivity index (χ3n) is 3.17. The molecule has 0 radical (unpaired) electrons. The van der Waals surface area contributed by atoms with E-state index in [1.165, 1.54) is 48.6 Å². The number of anilines is 1. The molecule has 3 N–H and O–H groups in total. The molecule has 1 amide bonds. The average Bonchev–Trinajstić information content (AvgIpc) is 2.42. The second kappa shape index (κ2) is 9.18. The zero-order valence-electron chi connectivity index (χ0n) is 12.2. The van der Waals surface area contributed by atoms with Gasteiger partial charge in [0.1, 0.15) is 6.54 Å². The Kier molecular flexibility index (Phi) is 7.47. The number of nitrogens with two attached hydrogens (primary N) is 1. The Bertz CT molecular complexity index is 468. The maximum atomic E-state index is 11.7. The summed E-state index contributed by atoms with van der Waals surface area (Å²) < 4.78 is 1.33. The molecule has 0 saturated carbocycles. The Morgan fingerprint density at radius 2 is 1.90 bits per heavy atom. The van der Waals surface area contributed by atoms with E-state index < -0.39 is 0 Å². The van der Waals surface area contributed by atoms with Crippen molar-refractivity contribution in [3.05, 3.63) is 28.7 Å². The van der Waals surface area contributed by atoms with E-state index >= 15 is 0 Å². The SMILES string of the molecule is CCCCCCCCNC(=O)Cn1cc(N)ccc1=O. The molecule has 5 nitrogen and oxygen atoms in total. The van der Waals surface area contributed by atoms with Gasteiger partial charge in [0.2, 0.25) is 5.91 Å². The number of aromatic nitrogens is 1. The molecule has 112 valence electrons. The molecule has 0 saturated heterocycles. The van der Waals surface area contributed by atoms with Crippen LogP contribution in [0.25, 0.3) is 0 Å². The first kappa shape index (κ1) is 16.3. The summed E-state index contributed by atoms with van der Waals surface area (Å²) in [5, 5.41) is 2.83. The number of hydrogen-bond acceptors (Lipinski definition) is 3. The lowest BCUT2D eigenvalue weighted by molar-refractivity contribution is -0.121. The van der Waals surface area contributed by atoms with Gasteiger partial charge in [-0.1, -0.05) is 39.0 Å². The Balaban J connectivity index is 2.20. The van der Waals surface area contributed by atoms with Crippen molar-refractivity contribution < 1.29 is 4.79 Å². The van der Waals surface area contributed by atoms with Crippen LogP contribution >= 0.6 is 0 Å². The highest BCUT2D eigenvalue weighted by atomic mass is 16.2. The highest BCUT2D eigenvalue weighted by Crippen LogP contribution is 2.04. The van der Waals surface area contributed by atoms with Crippen molar-refractivity contribution in [3.8, 4) is 0 Å². The van der Waals surface area contributed by atoms with Gasteiger partial charge in [-0.05, 0) is 12.5 Å². The molecule has 1 heterocycles. The van der Waals surface area contributed by atoms with Crippen LogP contribution in [0, 0.1) is 0 Å². The van der Waals surface area contributed by atoms with Gasteiger partial charge in [0.05, 0.1) is 0 Å². The summed E-state index contributed by atoms with van der Waals surface area (Å²) in [4.78, 5) is 23.2. The third kappa shape index (κ3) is 6.41. The average molecular weight is 279 g/mol. The topological polar surface area (TPSA) is 77.1 Å².